The van der Waals surface area contributed by atoms with Crippen LogP contribution in [0.25, 0.3) is 0 Å². The van der Waals surface area contributed by atoms with Crippen molar-refractivity contribution in [1.82, 2.24) is 4.57 Å². The van der Waals surface area contributed by atoms with Crippen molar-refractivity contribution in [2.75, 3.05) is 0 Å². The molecule has 1 heteroatoms. The first-order valence-electron chi connectivity index (χ1n) is 7.95. The van der Waals surface area contributed by atoms with Gasteiger partial charge < -0.3 is 4.57 Å². The summed E-state index contributed by atoms with van der Waals surface area (Å²) in [6, 6.07) is 4.34. The quantitative estimate of drug-likeness (QED) is 0.617. The molecule has 0 unspecified atom stereocenters. The Balaban J connectivity index is 1.96. The third-order valence-electron chi connectivity index (χ3n) is 4.66. The van der Waals surface area contributed by atoms with E-state index in [0.29, 0.717) is 5.54 Å². The van der Waals surface area contributed by atoms with Crippen LogP contribution in [-0.4, -0.2) is 4.57 Å². The Morgan fingerprint density at radius 2 is 1.06 bits per heavy atom. The molecule has 0 amide bonds. The molecule has 0 bridgehead atoms. The highest BCUT2D eigenvalue weighted by atomic mass is 15.0. The summed E-state index contributed by atoms with van der Waals surface area (Å²) in [5.41, 5.74) is 0.364. The van der Waals surface area contributed by atoms with Gasteiger partial charge in [0.15, 0.2) is 0 Å². The van der Waals surface area contributed by atoms with Gasteiger partial charge in [-0.2, -0.15) is 0 Å². The fourth-order valence-electron chi connectivity index (χ4n) is 3.33. The molecule has 1 fully saturated rings. The summed E-state index contributed by atoms with van der Waals surface area (Å²) in [5.74, 6) is 0. The van der Waals surface area contributed by atoms with Crippen molar-refractivity contribution >= 4 is 0 Å². The van der Waals surface area contributed by atoms with Crippen LogP contribution in [0.2, 0.25) is 0 Å². The van der Waals surface area contributed by atoms with Crippen LogP contribution in [0.1, 0.15) is 77.6 Å². The standard InChI is InChI=1S/C17H29N/c1-17(18-15-11-12-16-18)13-9-7-5-3-2-4-6-8-10-14-17/h11-12,15-16H,2-10,13-14H2,1H3. The van der Waals surface area contributed by atoms with Gasteiger partial charge in [0.1, 0.15) is 0 Å². The summed E-state index contributed by atoms with van der Waals surface area (Å²) in [6.45, 7) is 2.46. The van der Waals surface area contributed by atoms with Crippen molar-refractivity contribution < 1.29 is 0 Å². The van der Waals surface area contributed by atoms with Gasteiger partial charge in [-0.25, -0.2) is 0 Å². The maximum Gasteiger partial charge on any atom is 0.0411 e. The molecule has 2 rings (SSSR count). The first-order chi connectivity index (χ1) is 8.81. The molecule has 1 heterocycles. The van der Waals surface area contributed by atoms with Gasteiger partial charge >= 0.3 is 0 Å². The van der Waals surface area contributed by atoms with Gasteiger partial charge in [-0.15, -0.1) is 0 Å². The Morgan fingerprint density at radius 3 is 1.50 bits per heavy atom. The highest BCUT2D eigenvalue weighted by Crippen LogP contribution is 2.31. The largest absolute Gasteiger partial charge is 0.349 e. The predicted molar refractivity (Wildman–Crippen MR) is 78.9 cm³/mol. The van der Waals surface area contributed by atoms with Gasteiger partial charge in [-0.1, -0.05) is 57.8 Å². The molecular formula is C17H29N. The molecule has 1 saturated carbocycles. The highest BCUT2D eigenvalue weighted by Gasteiger charge is 2.24. The second-order valence-corrected chi connectivity index (χ2v) is 6.27. The minimum absolute atomic E-state index is 0.364. The van der Waals surface area contributed by atoms with Crippen LogP contribution < -0.4 is 0 Å². The summed E-state index contributed by atoms with van der Waals surface area (Å²) in [5, 5.41) is 0. The van der Waals surface area contributed by atoms with Crippen LogP contribution in [0.3, 0.4) is 0 Å². The molecule has 0 aliphatic heterocycles. The lowest BCUT2D eigenvalue weighted by atomic mass is 9.87. The molecule has 0 aromatic carbocycles. The van der Waals surface area contributed by atoms with E-state index in [1.165, 1.54) is 70.6 Å². The van der Waals surface area contributed by atoms with Gasteiger partial charge in [-0.3, -0.25) is 0 Å². The SMILES string of the molecule is CC1(n2cccc2)CCCCCCCCCCC1. The molecule has 0 N–H and O–H groups in total. The third-order valence-corrected chi connectivity index (χ3v) is 4.66. The molecule has 0 spiro atoms. The van der Waals surface area contributed by atoms with Crippen molar-refractivity contribution in [2.24, 2.45) is 0 Å². The van der Waals surface area contributed by atoms with Gasteiger partial charge in [0.05, 0.1) is 0 Å². The minimum Gasteiger partial charge on any atom is -0.349 e. The van der Waals surface area contributed by atoms with E-state index in [1.807, 2.05) is 0 Å². The number of hydrogen-bond donors (Lipinski definition) is 0. The van der Waals surface area contributed by atoms with E-state index in [4.69, 9.17) is 0 Å². The molecule has 1 nitrogen and oxygen atoms in total. The molecular weight excluding hydrogens is 218 g/mol. The zero-order valence-electron chi connectivity index (χ0n) is 12.0. The number of hydrogen-bond acceptors (Lipinski definition) is 0. The van der Waals surface area contributed by atoms with Crippen molar-refractivity contribution in [3.05, 3.63) is 24.5 Å². The molecule has 1 aliphatic rings. The number of rotatable bonds is 1. The zero-order valence-corrected chi connectivity index (χ0v) is 12.0. The van der Waals surface area contributed by atoms with Gasteiger partial charge in [0.25, 0.3) is 0 Å². The lowest BCUT2D eigenvalue weighted by Gasteiger charge is -2.32. The lowest BCUT2D eigenvalue weighted by molar-refractivity contribution is 0.249. The molecule has 18 heavy (non-hydrogen) atoms. The van der Waals surface area contributed by atoms with Crippen LogP contribution >= 0.6 is 0 Å². The van der Waals surface area contributed by atoms with Gasteiger partial charge in [0.2, 0.25) is 0 Å². The summed E-state index contributed by atoms with van der Waals surface area (Å²) in [6.07, 6.45) is 20.1. The topological polar surface area (TPSA) is 4.93 Å². The molecule has 0 radical (unpaired) electrons. The van der Waals surface area contributed by atoms with Crippen molar-refractivity contribution in [3.63, 3.8) is 0 Å². The average molecular weight is 247 g/mol. The van der Waals surface area contributed by atoms with Crippen LogP contribution in [0.4, 0.5) is 0 Å². The Kier molecular flexibility index (Phi) is 5.34. The maximum absolute atomic E-state index is 2.46. The van der Waals surface area contributed by atoms with E-state index in [1.54, 1.807) is 0 Å². The van der Waals surface area contributed by atoms with E-state index < -0.39 is 0 Å². The van der Waals surface area contributed by atoms with E-state index in [9.17, 15) is 0 Å². The van der Waals surface area contributed by atoms with E-state index >= 15 is 0 Å². The minimum atomic E-state index is 0.364. The molecule has 0 atom stereocenters. The van der Waals surface area contributed by atoms with Crippen molar-refractivity contribution in [3.8, 4) is 0 Å². The summed E-state index contributed by atoms with van der Waals surface area (Å²) in [4.78, 5) is 0. The monoisotopic (exact) mass is 247 g/mol. The average Bonchev–Trinajstić information content (AvgIpc) is 2.88. The van der Waals surface area contributed by atoms with Crippen molar-refractivity contribution in [2.45, 2.75) is 83.1 Å². The molecule has 0 saturated heterocycles. The van der Waals surface area contributed by atoms with Gasteiger partial charge in [0, 0.05) is 17.9 Å². The third kappa shape index (κ3) is 3.90. The van der Waals surface area contributed by atoms with Crippen LogP contribution in [0.15, 0.2) is 24.5 Å². The van der Waals surface area contributed by atoms with Gasteiger partial charge in [-0.05, 0) is 31.9 Å². The maximum atomic E-state index is 2.46. The Morgan fingerprint density at radius 1 is 0.667 bits per heavy atom. The second-order valence-electron chi connectivity index (χ2n) is 6.27. The normalized spacial score (nSPS) is 22.9. The first-order valence-corrected chi connectivity index (χ1v) is 7.95. The Bertz CT molecular complexity index is 300. The smallest absolute Gasteiger partial charge is 0.0411 e. The lowest BCUT2D eigenvalue weighted by Crippen LogP contribution is -2.29. The van der Waals surface area contributed by atoms with E-state index in [2.05, 4.69) is 36.0 Å². The van der Waals surface area contributed by atoms with Crippen LogP contribution in [0.5, 0.6) is 0 Å². The molecule has 102 valence electrons. The van der Waals surface area contributed by atoms with Crippen LogP contribution in [-0.2, 0) is 5.54 Å². The fraction of sp³-hybridized carbons (Fsp3) is 0.765. The Hall–Kier alpha value is -0.720. The molecule has 1 aliphatic carbocycles. The zero-order chi connectivity index (χ0) is 12.7. The summed E-state index contributed by atoms with van der Waals surface area (Å²) in [7, 11) is 0. The number of aromatic nitrogens is 1. The first kappa shape index (κ1) is 13.7. The summed E-state index contributed by atoms with van der Waals surface area (Å²) >= 11 is 0. The summed E-state index contributed by atoms with van der Waals surface area (Å²) < 4.78 is 2.46. The van der Waals surface area contributed by atoms with E-state index in [-0.39, 0.29) is 0 Å². The highest BCUT2D eigenvalue weighted by molar-refractivity contribution is 4.97. The second kappa shape index (κ2) is 7.01. The molecule has 1 aromatic rings. The Labute approximate surface area is 113 Å². The van der Waals surface area contributed by atoms with Crippen LogP contribution in [0, 0.1) is 0 Å². The molecule has 1 aromatic heterocycles. The van der Waals surface area contributed by atoms with E-state index in [0.717, 1.165) is 0 Å². The number of nitrogens with zero attached hydrogens (tertiary/aromatic N) is 1. The van der Waals surface area contributed by atoms with Crippen molar-refractivity contribution in [1.29, 1.82) is 0 Å². The predicted octanol–water partition coefficient (Wildman–Crippen LogP) is 5.51. The fourth-order valence-corrected chi connectivity index (χ4v) is 3.33.